The summed E-state index contributed by atoms with van der Waals surface area (Å²) in [7, 11) is 0. The van der Waals surface area contributed by atoms with E-state index in [-0.39, 0.29) is 47.0 Å². The molecule has 0 aliphatic carbocycles. The Morgan fingerprint density at radius 2 is 2.11 bits per heavy atom. The molecule has 0 aliphatic rings. The maximum atomic E-state index is 5.51. The first-order chi connectivity index (χ1) is 3.39. The van der Waals surface area contributed by atoms with Gasteiger partial charge in [0.15, 0.2) is 0 Å². The van der Waals surface area contributed by atoms with E-state index in [9.17, 15) is 0 Å². The summed E-state index contributed by atoms with van der Waals surface area (Å²) in [4.78, 5) is 0. The molecular formula is C6H4ClIMg. The van der Waals surface area contributed by atoms with Crippen LogP contribution in [0.2, 0.25) is 5.02 Å². The average Bonchev–Trinajstić information content (AvgIpc) is 1.69. The van der Waals surface area contributed by atoms with Gasteiger partial charge in [0.25, 0.3) is 0 Å². The van der Waals surface area contributed by atoms with Gasteiger partial charge >= 0.3 is 23.1 Å². The fraction of sp³-hybridized carbons (Fsp3) is 0. The van der Waals surface area contributed by atoms with Crippen LogP contribution in [0.1, 0.15) is 0 Å². The molecule has 1 aromatic rings. The molecule has 0 aromatic heterocycles. The number of benzene rings is 1. The normalized spacial score (nSPS) is 6.78. The van der Waals surface area contributed by atoms with Crippen molar-refractivity contribution in [2.24, 2.45) is 0 Å². The number of hydrogen-bond acceptors (Lipinski definition) is 0. The van der Waals surface area contributed by atoms with E-state index in [0.717, 1.165) is 5.02 Å². The topological polar surface area (TPSA) is 0 Å². The van der Waals surface area contributed by atoms with Gasteiger partial charge < -0.3 is 24.0 Å². The second-order valence-corrected chi connectivity index (χ2v) is 1.66. The minimum absolute atomic E-state index is 0. The average molecular weight is 263 g/mol. The summed E-state index contributed by atoms with van der Waals surface area (Å²) in [5, 5.41) is 0.738. The van der Waals surface area contributed by atoms with Gasteiger partial charge in [0.1, 0.15) is 0 Å². The van der Waals surface area contributed by atoms with Crippen molar-refractivity contribution in [3.8, 4) is 0 Å². The summed E-state index contributed by atoms with van der Waals surface area (Å²) in [6.45, 7) is 0. The fourth-order valence-corrected chi connectivity index (χ4v) is 0.507. The van der Waals surface area contributed by atoms with E-state index in [2.05, 4.69) is 6.07 Å². The van der Waals surface area contributed by atoms with Crippen molar-refractivity contribution in [1.82, 2.24) is 0 Å². The Labute approximate surface area is 93.1 Å². The number of rotatable bonds is 0. The van der Waals surface area contributed by atoms with Crippen LogP contribution in [-0.2, 0) is 0 Å². The van der Waals surface area contributed by atoms with Crippen LogP contribution in [0, 0.1) is 6.07 Å². The van der Waals surface area contributed by atoms with Gasteiger partial charge in [-0.25, -0.2) is 0 Å². The van der Waals surface area contributed by atoms with Crippen LogP contribution in [0.15, 0.2) is 24.3 Å². The second-order valence-electron chi connectivity index (χ2n) is 1.22. The van der Waals surface area contributed by atoms with Crippen LogP contribution < -0.4 is 24.0 Å². The van der Waals surface area contributed by atoms with Gasteiger partial charge in [-0.1, -0.05) is 5.02 Å². The van der Waals surface area contributed by atoms with Gasteiger partial charge in [-0.2, -0.15) is 41.9 Å². The van der Waals surface area contributed by atoms with Crippen molar-refractivity contribution in [3.05, 3.63) is 35.4 Å². The molecule has 1 aromatic carbocycles. The molecular weight excluding hydrogens is 259 g/mol. The molecule has 44 valence electrons. The Morgan fingerprint density at radius 1 is 1.44 bits per heavy atom. The molecule has 0 amide bonds. The van der Waals surface area contributed by atoms with Crippen LogP contribution in [0.25, 0.3) is 0 Å². The molecule has 0 atom stereocenters. The molecule has 3 heteroatoms. The van der Waals surface area contributed by atoms with Gasteiger partial charge in [0.2, 0.25) is 0 Å². The van der Waals surface area contributed by atoms with Crippen LogP contribution in [-0.4, -0.2) is 23.1 Å². The Kier molecular flexibility index (Phi) is 10.0. The first kappa shape index (κ1) is 12.7. The summed E-state index contributed by atoms with van der Waals surface area (Å²) in [6.07, 6.45) is 0. The van der Waals surface area contributed by atoms with Crippen molar-refractivity contribution in [2.75, 3.05) is 0 Å². The van der Waals surface area contributed by atoms with E-state index in [1.165, 1.54) is 0 Å². The number of halogens is 2. The van der Waals surface area contributed by atoms with Gasteiger partial charge in [-0.15, -0.1) is 0 Å². The first-order valence-electron chi connectivity index (χ1n) is 2.01. The minimum Gasteiger partial charge on any atom is -1.00 e. The zero-order chi connectivity index (χ0) is 5.11. The molecule has 0 bridgehead atoms. The number of hydrogen-bond donors (Lipinski definition) is 0. The van der Waals surface area contributed by atoms with Gasteiger partial charge in [0, 0.05) is 0 Å². The molecule has 9 heavy (non-hydrogen) atoms. The van der Waals surface area contributed by atoms with Crippen molar-refractivity contribution in [1.29, 1.82) is 0 Å². The van der Waals surface area contributed by atoms with E-state index >= 15 is 0 Å². The first-order valence-corrected chi connectivity index (χ1v) is 2.39. The Balaban J connectivity index is 0. The summed E-state index contributed by atoms with van der Waals surface area (Å²) in [5.41, 5.74) is 0. The van der Waals surface area contributed by atoms with Crippen LogP contribution in [0.5, 0.6) is 0 Å². The van der Waals surface area contributed by atoms with Gasteiger partial charge in [0.05, 0.1) is 0 Å². The van der Waals surface area contributed by atoms with Crippen molar-refractivity contribution >= 4 is 34.7 Å². The molecule has 0 saturated carbocycles. The summed E-state index contributed by atoms with van der Waals surface area (Å²) in [5.74, 6) is 0. The molecule has 0 N–H and O–H groups in total. The van der Waals surface area contributed by atoms with E-state index in [4.69, 9.17) is 11.6 Å². The van der Waals surface area contributed by atoms with Crippen molar-refractivity contribution in [3.63, 3.8) is 0 Å². The monoisotopic (exact) mass is 262 g/mol. The standard InChI is InChI=1S/C6H4Cl.HI.Mg/c7-6-4-2-1-3-5-6;;/h1-2,4-5H;1H;/q-1;;+2/p-1. The van der Waals surface area contributed by atoms with Gasteiger partial charge in [-0.05, 0) is 0 Å². The Bertz CT molecular complexity index is 143. The second kappa shape index (κ2) is 7.12. The van der Waals surface area contributed by atoms with E-state index in [0.29, 0.717) is 0 Å². The van der Waals surface area contributed by atoms with Crippen molar-refractivity contribution < 1.29 is 24.0 Å². The molecule has 0 radical (unpaired) electrons. The predicted octanol–water partition coefficient (Wildman–Crippen LogP) is -1.24. The van der Waals surface area contributed by atoms with Crippen LogP contribution in [0.4, 0.5) is 0 Å². The smallest absolute Gasteiger partial charge is 1.00 e. The SMILES string of the molecule is Clc1c[c-]ccc1.[I-].[Mg+2]. The summed E-state index contributed by atoms with van der Waals surface area (Å²) < 4.78 is 0. The molecule has 0 heterocycles. The maximum Gasteiger partial charge on any atom is 2.00 e. The van der Waals surface area contributed by atoms with Crippen LogP contribution in [0.3, 0.4) is 0 Å². The third-order valence-electron chi connectivity index (χ3n) is 0.669. The quantitative estimate of drug-likeness (QED) is 0.312. The minimum atomic E-state index is 0. The predicted molar refractivity (Wildman–Crippen MR) is 36.0 cm³/mol. The van der Waals surface area contributed by atoms with Crippen LogP contribution >= 0.6 is 11.6 Å². The molecule has 0 fully saturated rings. The molecule has 1 rings (SSSR count). The maximum absolute atomic E-state index is 5.51. The Morgan fingerprint density at radius 3 is 2.33 bits per heavy atom. The largest absolute Gasteiger partial charge is 2.00 e. The summed E-state index contributed by atoms with van der Waals surface area (Å²) >= 11 is 5.51. The molecule has 0 unspecified atom stereocenters. The van der Waals surface area contributed by atoms with Crippen molar-refractivity contribution in [2.45, 2.75) is 0 Å². The zero-order valence-electron chi connectivity index (χ0n) is 4.77. The van der Waals surface area contributed by atoms with E-state index in [1.54, 1.807) is 6.07 Å². The molecule has 0 nitrogen and oxygen atoms in total. The van der Waals surface area contributed by atoms with E-state index < -0.39 is 0 Å². The molecule has 0 spiro atoms. The fourth-order valence-electron chi connectivity index (χ4n) is 0.371. The third kappa shape index (κ3) is 5.45. The van der Waals surface area contributed by atoms with E-state index in [1.807, 2.05) is 18.2 Å². The Hall–Kier alpha value is 1.01. The third-order valence-corrected chi connectivity index (χ3v) is 0.904. The zero-order valence-corrected chi connectivity index (χ0v) is 9.10. The molecule has 0 aliphatic heterocycles. The molecule has 0 saturated heterocycles. The summed E-state index contributed by atoms with van der Waals surface area (Å²) in [6, 6.07) is 10.0. The van der Waals surface area contributed by atoms with Gasteiger partial charge in [-0.3, -0.25) is 0 Å².